The zero-order chi connectivity index (χ0) is 17.3. The maximum atomic E-state index is 9.24. The van der Waals surface area contributed by atoms with Crippen LogP contribution < -0.4 is 11.1 Å². The molecule has 0 unspecified atom stereocenters. The van der Waals surface area contributed by atoms with Gasteiger partial charge < -0.3 is 11.1 Å². The SMILES string of the molecule is Cc1ccc2nnc(N)c(Nc3ccc(C(C)(C)C#N)cc3)c2c1. The number of fused-ring (bicyclic) bond motifs is 1. The van der Waals surface area contributed by atoms with E-state index in [1.807, 2.05) is 63.2 Å². The van der Waals surface area contributed by atoms with Gasteiger partial charge in [-0.3, -0.25) is 0 Å². The van der Waals surface area contributed by atoms with Gasteiger partial charge in [-0.2, -0.15) is 5.26 Å². The molecule has 120 valence electrons. The number of nitrogen functional groups attached to an aromatic ring is 1. The first-order valence-corrected chi connectivity index (χ1v) is 7.72. The molecule has 3 N–H and O–H groups in total. The minimum absolute atomic E-state index is 0.356. The number of nitrogens with one attached hydrogen (secondary N) is 1. The molecule has 0 atom stereocenters. The first-order chi connectivity index (χ1) is 11.4. The summed E-state index contributed by atoms with van der Waals surface area (Å²) in [4.78, 5) is 0. The fourth-order valence-corrected chi connectivity index (χ4v) is 2.54. The molecule has 0 aliphatic heterocycles. The molecule has 0 bridgehead atoms. The first-order valence-electron chi connectivity index (χ1n) is 7.72. The molecule has 0 saturated heterocycles. The van der Waals surface area contributed by atoms with Crippen molar-refractivity contribution >= 4 is 28.1 Å². The quantitative estimate of drug-likeness (QED) is 0.760. The predicted octanol–water partition coefficient (Wildman–Crippen LogP) is 4.07. The fourth-order valence-electron chi connectivity index (χ4n) is 2.54. The lowest BCUT2D eigenvalue weighted by Crippen LogP contribution is -2.13. The average Bonchev–Trinajstić information content (AvgIpc) is 2.58. The maximum absolute atomic E-state index is 9.24. The second kappa shape index (κ2) is 5.82. The highest BCUT2D eigenvalue weighted by atomic mass is 15.2. The fraction of sp³-hybridized carbons (Fsp3) is 0.211. The lowest BCUT2D eigenvalue weighted by atomic mass is 9.86. The Kier molecular flexibility index (Phi) is 3.82. The smallest absolute Gasteiger partial charge is 0.170 e. The minimum Gasteiger partial charge on any atom is -0.380 e. The van der Waals surface area contributed by atoms with Crippen LogP contribution >= 0.6 is 0 Å². The van der Waals surface area contributed by atoms with Crippen molar-refractivity contribution in [2.24, 2.45) is 0 Å². The summed E-state index contributed by atoms with van der Waals surface area (Å²) in [7, 11) is 0. The number of nitriles is 1. The molecule has 0 fully saturated rings. The second-order valence-corrected chi connectivity index (χ2v) is 6.42. The van der Waals surface area contributed by atoms with Crippen LogP contribution in [-0.2, 0) is 5.41 Å². The van der Waals surface area contributed by atoms with Crippen LogP contribution in [0.2, 0.25) is 0 Å². The number of aryl methyl sites for hydroxylation is 1. The van der Waals surface area contributed by atoms with E-state index in [1.54, 1.807) is 0 Å². The normalized spacial score (nSPS) is 11.2. The van der Waals surface area contributed by atoms with Crippen LogP contribution in [0.1, 0.15) is 25.0 Å². The number of nitrogens with zero attached hydrogens (tertiary/aromatic N) is 3. The molecule has 2 aromatic carbocycles. The number of anilines is 3. The van der Waals surface area contributed by atoms with Crippen molar-refractivity contribution in [2.75, 3.05) is 11.1 Å². The van der Waals surface area contributed by atoms with Gasteiger partial charge in [-0.1, -0.05) is 23.8 Å². The van der Waals surface area contributed by atoms with Crippen LogP contribution in [-0.4, -0.2) is 10.2 Å². The Morgan fingerprint density at radius 1 is 1.08 bits per heavy atom. The molecule has 0 saturated carbocycles. The zero-order valence-electron chi connectivity index (χ0n) is 14.0. The Balaban J connectivity index is 2.00. The van der Waals surface area contributed by atoms with Gasteiger partial charge >= 0.3 is 0 Å². The van der Waals surface area contributed by atoms with E-state index >= 15 is 0 Å². The third-order valence-electron chi connectivity index (χ3n) is 4.10. The number of benzene rings is 2. The third kappa shape index (κ3) is 2.86. The summed E-state index contributed by atoms with van der Waals surface area (Å²) in [5.41, 5.74) is 10.0. The monoisotopic (exact) mass is 317 g/mol. The van der Waals surface area contributed by atoms with E-state index in [-0.39, 0.29) is 0 Å². The van der Waals surface area contributed by atoms with Gasteiger partial charge in [0, 0.05) is 11.1 Å². The van der Waals surface area contributed by atoms with Crippen molar-refractivity contribution in [3.05, 3.63) is 53.6 Å². The van der Waals surface area contributed by atoms with Gasteiger partial charge in [0.05, 0.1) is 22.7 Å². The van der Waals surface area contributed by atoms with Gasteiger partial charge in [0.1, 0.15) is 0 Å². The van der Waals surface area contributed by atoms with E-state index in [0.29, 0.717) is 5.82 Å². The van der Waals surface area contributed by atoms with Crippen LogP contribution in [0.3, 0.4) is 0 Å². The Morgan fingerprint density at radius 3 is 2.46 bits per heavy atom. The Bertz CT molecular complexity index is 931. The maximum Gasteiger partial charge on any atom is 0.170 e. The van der Waals surface area contributed by atoms with Crippen molar-refractivity contribution in [3.63, 3.8) is 0 Å². The van der Waals surface area contributed by atoms with E-state index < -0.39 is 5.41 Å². The molecule has 0 aliphatic rings. The largest absolute Gasteiger partial charge is 0.380 e. The van der Waals surface area contributed by atoms with Gasteiger partial charge in [-0.25, -0.2) is 0 Å². The van der Waals surface area contributed by atoms with E-state index in [1.165, 1.54) is 0 Å². The number of hydrogen-bond donors (Lipinski definition) is 2. The minimum atomic E-state index is -0.514. The van der Waals surface area contributed by atoms with Crippen LogP contribution in [0, 0.1) is 18.3 Å². The van der Waals surface area contributed by atoms with Crippen molar-refractivity contribution in [3.8, 4) is 6.07 Å². The molecule has 1 aromatic heterocycles. The summed E-state index contributed by atoms with van der Waals surface area (Å²) in [6.45, 7) is 5.82. The van der Waals surface area contributed by atoms with E-state index in [9.17, 15) is 5.26 Å². The molecule has 0 aliphatic carbocycles. The zero-order valence-corrected chi connectivity index (χ0v) is 14.0. The molecule has 3 rings (SSSR count). The van der Waals surface area contributed by atoms with E-state index in [0.717, 1.165) is 33.4 Å². The summed E-state index contributed by atoms with van der Waals surface area (Å²) in [5.74, 6) is 0.356. The van der Waals surface area contributed by atoms with Gasteiger partial charge in [-0.15, -0.1) is 10.2 Å². The lowest BCUT2D eigenvalue weighted by Gasteiger charge is -2.17. The van der Waals surface area contributed by atoms with E-state index in [4.69, 9.17) is 5.73 Å². The van der Waals surface area contributed by atoms with Crippen molar-refractivity contribution in [1.82, 2.24) is 10.2 Å². The molecule has 1 heterocycles. The number of aromatic nitrogens is 2. The summed E-state index contributed by atoms with van der Waals surface area (Å²) in [6.07, 6.45) is 0. The molecule has 3 aromatic rings. The average molecular weight is 317 g/mol. The molecule has 5 heteroatoms. The molecule has 0 radical (unpaired) electrons. The van der Waals surface area contributed by atoms with Gasteiger partial charge in [0.25, 0.3) is 0 Å². The Labute approximate surface area is 141 Å². The van der Waals surface area contributed by atoms with Gasteiger partial charge in [0.2, 0.25) is 0 Å². The molecule has 0 amide bonds. The molecular weight excluding hydrogens is 298 g/mol. The highest BCUT2D eigenvalue weighted by Gasteiger charge is 2.19. The van der Waals surface area contributed by atoms with Gasteiger partial charge in [0.15, 0.2) is 5.82 Å². The van der Waals surface area contributed by atoms with Crippen molar-refractivity contribution < 1.29 is 0 Å². The standard InChI is InChI=1S/C19H19N5/c1-12-4-9-16-15(10-12)17(18(21)24-23-16)22-14-7-5-13(6-8-14)19(2,3)11-20/h4-10H,1-3H3,(H2,21,24)(H,22,23). The molecule has 0 spiro atoms. The highest BCUT2D eigenvalue weighted by molar-refractivity contribution is 5.97. The number of nitrogens with two attached hydrogens (primary N) is 1. The molecule has 24 heavy (non-hydrogen) atoms. The number of hydrogen-bond acceptors (Lipinski definition) is 5. The first kappa shape index (κ1) is 15.8. The summed E-state index contributed by atoms with van der Waals surface area (Å²) in [6, 6.07) is 16.0. The Hall–Kier alpha value is -3.13. The summed E-state index contributed by atoms with van der Waals surface area (Å²) < 4.78 is 0. The second-order valence-electron chi connectivity index (χ2n) is 6.42. The lowest BCUT2D eigenvalue weighted by molar-refractivity contribution is 0.687. The van der Waals surface area contributed by atoms with E-state index in [2.05, 4.69) is 21.6 Å². The topological polar surface area (TPSA) is 87.6 Å². The molecular formula is C19H19N5. The van der Waals surface area contributed by atoms with Crippen molar-refractivity contribution in [1.29, 1.82) is 5.26 Å². The summed E-state index contributed by atoms with van der Waals surface area (Å²) in [5, 5.41) is 21.7. The van der Waals surface area contributed by atoms with Crippen LogP contribution in [0.5, 0.6) is 0 Å². The van der Waals surface area contributed by atoms with Gasteiger partial charge in [-0.05, 0) is 50.6 Å². The molecule has 5 nitrogen and oxygen atoms in total. The van der Waals surface area contributed by atoms with Crippen LogP contribution in [0.25, 0.3) is 10.9 Å². The third-order valence-corrected chi connectivity index (χ3v) is 4.10. The van der Waals surface area contributed by atoms with Crippen LogP contribution in [0.4, 0.5) is 17.2 Å². The predicted molar refractivity (Wildman–Crippen MR) is 97.1 cm³/mol. The van der Waals surface area contributed by atoms with Crippen LogP contribution in [0.15, 0.2) is 42.5 Å². The number of rotatable bonds is 3. The highest BCUT2D eigenvalue weighted by Crippen LogP contribution is 2.31. The summed E-state index contributed by atoms with van der Waals surface area (Å²) >= 11 is 0. The van der Waals surface area contributed by atoms with Crippen molar-refractivity contribution in [2.45, 2.75) is 26.2 Å². The Morgan fingerprint density at radius 2 is 1.79 bits per heavy atom.